The molecule has 39 heavy (non-hydrogen) atoms. The molecule has 4 N–H and O–H groups in total. The highest BCUT2D eigenvalue weighted by Gasteiger charge is 2.25. The molecule has 2 aromatic carbocycles. The van der Waals surface area contributed by atoms with E-state index in [4.69, 9.17) is 25.6 Å². The van der Waals surface area contributed by atoms with Crippen molar-refractivity contribution in [2.45, 2.75) is 19.4 Å². The first-order chi connectivity index (χ1) is 18.7. The van der Waals surface area contributed by atoms with Gasteiger partial charge in [0, 0.05) is 38.4 Å². The summed E-state index contributed by atoms with van der Waals surface area (Å²) in [6.45, 7) is 2.94. The number of nitrogens with zero attached hydrogens (tertiary/aromatic N) is 4. The fraction of sp³-hybridized carbons (Fsp3) is 0.296. The maximum atomic E-state index is 14.8. The van der Waals surface area contributed by atoms with Gasteiger partial charge in [-0.15, -0.1) is 0 Å². The van der Waals surface area contributed by atoms with Crippen molar-refractivity contribution >= 4 is 35.2 Å². The van der Waals surface area contributed by atoms with Crippen molar-refractivity contribution in [3.63, 3.8) is 0 Å². The average molecular weight is 540 g/mol. The van der Waals surface area contributed by atoms with Crippen molar-refractivity contribution < 1.29 is 23.0 Å². The molecule has 1 heterocycles. The molecule has 1 atom stereocenters. The fourth-order valence-electron chi connectivity index (χ4n) is 3.93. The van der Waals surface area contributed by atoms with E-state index in [2.05, 4.69) is 15.3 Å². The molecule has 206 valence electrons. The highest BCUT2D eigenvalue weighted by molar-refractivity contribution is 6.16. The molecule has 12 heteroatoms. The van der Waals surface area contributed by atoms with Gasteiger partial charge in [-0.2, -0.15) is 4.39 Å². The van der Waals surface area contributed by atoms with E-state index in [0.717, 1.165) is 6.29 Å². The van der Waals surface area contributed by atoms with E-state index < -0.39 is 23.4 Å². The third-order valence-electron chi connectivity index (χ3n) is 5.94. The Morgan fingerprint density at radius 1 is 1.21 bits per heavy atom. The first kappa shape index (κ1) is 29.1. The lowest BCUT2D eigenvalue weighted by molar-refractivity contribution is 0.112. The number of halogens is 2. The van der Waals surface area contributed by atoms with Gasteiger partial charge in [-0.25, -0.2) is 19.4 Å². The number of likely N-dealkylation sites (N-methyl/N-ethyl adjacent to an activating group) is 1. The fourth-order valence-corrected chi connectivity index (χ4v) is 3.93. The van der Waals surface area contributed by atoms with Gasteiger partial charge < -0.3 is 25.4 Å². The maximum absolute atomic E-state index is 14.8. The van der Waals surface area contributed by atoms with E-state index in [1.165, 1.54) is 25.6 Å². The second kappa shape index (κ2) is 13.4. The van der Waals surface area contributed by atoms with Crippen LogP contribution in [-0.2, 0) is 4.74 Å². The molecule has 0 aliphatic carbocycles. The number of carbonyl (C=O) groups is 1. The molecular formula is C27H31F2N7O3. The summed E-state index contributed by atoms with van der Waals surface area (Å²) >= 11 is 0. The number of hydrogen-bond acceptors (Lipinski definition) is 9. The van der Waals surface area contributed by atoms with Crippen LogP contribution in [0, 0.1) is 17.0 Å². The lowest BCUT2D eigenvalue weighted by Gasteiger charge is -2.27. The second-order valence-corrected chi connectivity index (χ2v) is 8.58. The van der Waals surface area contributed by atoms with Crippen molar-refractivity contribution in [2.75, 3.05) is 45.5 Å². The molecule has 1 aromatic heterocycles. The van der Waals surface area contributed by atoms with Gasteiger partial charge in [0.2, 0.25) is 5.82 Å². The molecule has 1 unspecified atom stereocenters. The highest BCUT2D eigenvalue weighted by atomic mass is 19.2. The number of nitrogen functional groups attached to an aromatic ring is 1. The smallest absolute Gasteiger partial charge is 0.201 e. The van der Waals surface area contributed by atoms with E-state index in [-0.39, 0.29) is 28.5 Å². The van der Waals surface area contributed by atoms with Crippen molar-refractivity contribution in [1.29, 1.82) is 5.41 Å². The second-order valence-electron chi connectivity index (χ2n) is 8.58. The molecule has 0 amide bonds. The highest BCUT2D eigenvalue weighted by Crippen LogP contribution is 2.28. The van der Waals surface area contributed by atoms with Crippen LogP contribution in [0.15, 0.2) is 47.7 Å². The number of nitrogens with one attached hydrogen (secondary N) is 2. The molecular weight excluding hydrogens is 508 g/mol. The number of ether oxygens (including phenoxy) is 2. The standard InChI is InChI=1S/C27H31F2N7O3/c1-16(27(36(2)12-7-13-38-3)35-19-9-6-5-8-17(19)14-37)34-26-21(25(31)32-15-33-26)24(30)18-10-11-20(39-4)23(29)22(18)28/h5-6,8-11,14-16,30H,7,12-13H2,1-4H3,(H3,31,32,33,34). The van der Waals surface area contributed by atoms with Gasteiger partial charge in [0.25, 0.3) is 0 Å². The minimum atomic E-state index is -1.26. The van der Waals surface area contributed by atoms with E-state index in [9.17, 15) is 13.6 Å². The van der Waals surface area contributed by atoms with E-state index >= 15 is 0 Å². The van der Waals surface area contributed by atoms with Gasteiger partial charge in [0.05, 0.1) is 30.1 Å². The number of rotatable bonds is 12. The summed E-state index contributed by atoms with van der Waals surface area (Å²) in [5.74, 6) is -2.19. The van der Waals surface area contributed by atoms with Gasteiger partial charge in [-0.1, -0.05) is 12.1 Å². The molecule has 0 bridgehead atoms. The Labute approximate surface area is 225 Å². The molecule has 0 aliphatic rings. The molecule has 3 rings (SSSR count). The zero-order valence-electron chi connectivity index (χ0n) is 22.2. The summed E-state index contributed by atoms with van der Waals surface area (Å²) in [6, 6.07) is 8.84. The first-order valence-corrected chi connectivity index (χ1v) is 12.0. The minimum absolute atomic E-state index is 0.0116. The van der Waals surface area contributed by atoms with Gasteiger partial charge in [-0.3, -0.25) is 10.2 Å². The number of methoxy groups -OCH3 is 2. The van der Waals surface area contributed by atoms with Crippen LogP contribution in [0.3, 0.4) is 0 Å². The molecule has 0 radical (unpaired) electrons. The molecule has 10 nitrogen and oxygen atoms in total. The number of carbonyl (C=O) groups excluding carboxylic acids is 1. The number of aliphatic imine (C=N–C) groups is 1. The summed E-state index contributed by atoms with van der Waals surface area (Å²) in [5.41, 5.74) is 6.21. The lowest BCUT2D eigenvalue weighted by atomic mass is 10.0. The largest absolute Gasteiger partial charge is 0.494 e. The van der Waals surface area contributed by atoms with Crippen LogP contribution in [0.5, 0.6) is 5.75 Å². The van der Waals surface area contributed by atoms with Crippen LogP contribution < -0.4 is 15.8 Å². The summed E-state index contributed by atoms with van der Waals surface area (Å²) in [5, 5.41) is 11.8. The van der Waals surface area contributed by atoms with Gasteiger partial charge in [-0.05, 0) is 37.6 Å². The SMILES string of the molecule is COCCCN(C)C(=Nc1ccccc1C=O)C(C)Nc1ncnc(N)c1C(=N)c1ccc(OC)c(F)c1F. The van der Waals surface area contributed by atoms with Crippen LogP contribution in [0.4, 0.5) is 26.1 Å². The number of amidine groups is 1. The zero-order valence-corrected chi connectivity index (χ0v) is 22.2. The summed E-state index contributed by atoms with van der Waals surface area (Å²) in [6.07, 6.45) is 2.65. The third-order valence-corrected chi connectivity index (χ3v) is 5.94. The van der Waals surface area contributed by atoms with Crippen LogP contribution in [-0.4, -0.2) is 73.2 Å². The normalized spacial score (nSPS) is 12.1. The zero-order chi connectivity index (χ0) is 28.5. The van der Waals surface area contributed by atoms with Crippen molar-refractivity contribution in [3.05, 3.63) is 71.1 Å². The monoisotopic (exact) mass is 539 g/mol. The van der Waals surface area contributed by atoms with Crippen molar-refractivity contribution in [1.82, 2.24) is 14.9 Å². The molecule has 0 saturated heterocycles. The van der Waals surface area contributed by atoms with E-state index in [1.807, 2.05) is 18.9 Å². The summed E-state index contributed by atoms with van der Waals surface area (Å²) in [4.78, 5) is 26.5. The Kier molecular flexibility index (Phi) is 9.98. The molecule has 0 spiro atoms. The van der Waals surface area contributed by atoms with Crippen LogP contribution in [0.2, 0.25) is 0 Å². The van der Waals surface area contributed by atoms with E-state index in [1.54, 1.807) is 31.4 Å². The first-order valence-electron chi connectivity index (χ1n) is 12.0. The number of aromatic nitrogens is 2. The molecule has 0 aliphatic heterocycles. The van der Waals surface area contributed by atoms with Crippen LogP contribution >= 0.6 is 0 Å². The van der Waals surface area contributed by atoms with Gasteiger partial charge >= 0.3 is 0 Å². The number of aldehydes is 1. The third kappa shape index (κ3) is 6.71. The minimum Gasteiger partial charge on any atom is -0.494 e. The number of para-hydroxylation sites is 1. The summed E-state index contributed by atoms with van der Waals surface area (Å²) in [7, 11) is 4.68. The molecule has 3 aromatic rings. The van der Waals surface area contributed by atoms with Gasteiger partial charge in [0.15, 0.2) is 17.9 Å². The van der Waals surface area contributed by atoms with Gasteiger partial charge in [0.1, 0.15) is 23.8 Å². The Morgan fingerprint density at radius 2 is 1.95 bits per heavy atom. The lowest BCUT2D eigenvalue weighted by Crippen LogP contribution is -2.40. The van der Waals surface area contributed by atoms with Crippen LogP contribution in [0.1, 0.15) is 34.8 Å². The quantitative estimate of drug-likeness (QED) is 0.135. The number of hydrogen-bond donors (Lipinski definition) is 3. The predicted octanol–water partition coefficient (Wildman–Crippen LogP) is 4.07. The number of anilines is 2. The van der Waals surface area contributed by atoms with E-state index in [0.29, 0.717) is 36.7 Å². The number of nitrogens with two attached hydrogens (primary N) is 1. The van der Waals surface area contributed by atoms with Crippen molar-refractivity contribution in [3.8, 4) is 5.75 Å². The molecule has 0 fully saturated rings. The average Bonchev–Trinajstić information content (AvgIpc) is 2.93. The molecule has 0 saturated carbocycles. The number of benzene rings is 2. The Balaban J connectivity index is 2.03. The van der Waals surface area contributed by atoms with Crippen molar-refractivity contribution in [2.24, 2.45) is 4.99 Å². The Hall–Kier alpha value is -4.45. The predicted molar refractivity (Wildman–Crippen MR) is 146 cm³/mol. The maximum Gasteiger partial charge on any atom is 0.201 e. The summed E-state index contributed by atoms with van der Waals surface area (Å²) < 4.78 is 39.2. The Bertz CT molecular complexity index is 1370. The topological polar surface area (TPSA) is 139 Å². The Morgan fingerprint density at radius 3 is 2.64 bits per heavy atom. The van der Waals surface area contributed by atoms with Crippen LogP contribution in [0.25, 0.3) is 0 Å².